The van der Waals surface area contributed by atoms with E-state index in [1.807, 2.05) is 12.1 Å². The monoisotopic (exact) mass is 502 g/mol. The molecule has 5 nitrogen and oxygen atoms in total. The summed E-state index contributed by atoms with van der Waals surface area (Å²) in [6.07, 6.45) is -10.7. The Kier molecular flexibility index (Phi) is 7.80. The van der Waals surface area contributed by atoms with Crippen LogP contribution in [0.15, 0.2) is 61.2 Å². The van der Waals surface area contributed by atoms with E-state index in [1.165, 1.54) is 6.08 Å². The van der Waals surface area contributed by atoms with Gasteiger partial charge in [0.15, 0.2) is 0 Å². The summed E-state index contributed by atoms with van der Waals surface area (Å²) in [5.74, 6) is 0. The Morgan fingerprint density at radius 1 is 0.886 bits per heavy atom. The van der Waals surface area contributed by atoms with E-state index >= 15 is 0 Å². The van der Waals surface area contributed by atoms with Crippen molar-refractivity contribution in [2.24, 2.45) is 0 Å². The van der Waals surface area contributed by atoms with E-state index in [0.717, 1.165) is 17.7 Å². The van der Waals surface area contributed by atoms with E-state index in [-0.39, 0.29) is 12.7 Å². The van der Waals surface area contributed by atoms with Crippen molar-refractivity contribution in [1.29, 1.82) is 0 Å². The molecule has 1 N–H and O–H groups in total. The summed E-state index contributed by atoms with van der Waals surface area (Å²) in [6, 6.07) is 10.5. The summed E-state index contributed by atoms with van der Waals surface area (Å²) in [5.41, 5.74) is -4.30. The number of ether oxygens (including phenoxy) is 1. The summed E-state index contributed by atoms with van der Waals surface area (Å²) in [4.78, 5) is 15.6. The maximum absolute atomic E-state index is 13.1. The number of amides is 1. The van der Waals surface area contributed by atoms with Gasteiger partial charge < -0.3 is 14.7 Å². The highest BCUT2D eigenvalue weighted by molar-refractivity contribution is 5.68. The van der Waals surface area contributed by atoms with Gasteiger partial charge in [0.2, 0.25) is 0 Å². The first-order valence-electron chi connectivity index (χ1n) is 10.7. The zero-order valence-electron chi connectivity index (χ0n) is 18.6. The topological polar surface area (TPSA) is 53.0 Å². The van der Waals surface area contributed by atoms with Gasteiger partial charge in [0.1, 0.15) is 6.61 Å². The number of alkyl halides is 6. The Morgan fingerprint density at radius 2 is 1.37 bits per heavy atom. The average Bonchev–Trinajstić information content (AvgIpc) is 2.81. The maximum atomic E-state index is 13.1. The first kappa shape index (κ1) is 26.6. The number of carbonyl (C=O) groups is 1. The standard InChI is InChI=1S/C24H24F6N2O3/c1-2-15-35-21(33)32-13-11-31(12-14-32)16-17-3-5-18(6-4-17)19-7-9-20(10-8-19)22(34,23(25,26)27)24(28,29)30/h2-10,34H,1,11-16H2. The van der Waals surface area contributed by atoms with Crippen LogP contribution in [0.3, 0.4) is 0 Å². The van der Waals surface area contributed by atoms with Crippen LogP contribution in [-0.2, 0) is 16.9 Å². The molecular formula is C24H24F6N2O3. The molecular weight excluding hydrogens is 478 g/mol. The van der Waals surface area contributed by atoms with Crippen molar-refractivity contribution in [2.45, 2.75) is 24.5 Å². The molecule has 1 aliphatic heterocycles. The largest absolute Gasteiger partial charge is 0.445 e. The van der Waals surface area contributed by atoms with Crippen LogP contribution in [0.5, 0.6) is 0 Å². The second kappa shape index (κ2) is 10.3. The molecule has 0 aromatic heterocycles. The molecule has 1 heterocycles. The normalized spacial score (nSPS) is 15.7. The number of benzene rings is 2. The minimum absolute atomic E-state index is 0.152. The van der Waals surface area contributed by atoms with E-state index in [9.17, 15) is 36.2 Å². The Bertz CT molecular complexity index is 998. The van der Waals surface area contributed by atoms with Crippen LogP contribution in [0, 0.1) is 0 Å². The third-order valence-electron chi connectivity index (χ3n) is 5.77. The second-order valence-corrected chi connectivity index (χ2v) is 8.11. The van der Waals surface area contributed by atoms with Gasteiger partial charge in [0.05, 0.1) is 0 Å². The van der Waals surface area contributed by atoms with Crippen LogP contribution >= 0.6 is 0 Å². The van der Waals surface area contributed by atoms with Crippen LogP contribution < -0.4 is 0 Å². The molecule has 1 aliphatic rings. The first-order valence-corrected chi connectivity index (χ1v) is 10.7. The Hall–Kier alpha value is -3.05. The number of halogens is 6. The molecule has 190 valence electrons. The molecule has 2 aromatic rings. The molecule has 0 spiro atoms. The van der Waals surface area contributed by atoms with Gasteiger partial charge in [-0.1, -0.05) is 61.2 Å². The maximum Gasteiger partial charge on any atom is 0.430 e. The van der Waals surface area contributed by atoms with E-state index in [1.54, 1.807) is 17.0 Å². The number of piperazine rings is 1. The summed E-state index contributed by atoms with van der Waals surface area (Å²) in [5, 5.41) is 9.51. The molecule has 0 aliphatic carbocycles. The predicted octanol–water partition coefficient (Wildman–Crippen LogP) is 5.11. The average molecular weight is 502 g/mol. The number of aliphatic hydroxyl groups is 1. The lowest BCUT2D eigenvalue weighted by Crippen LogP contribution is -2.53. The summed E-state index contributed by atoms with van der Waals surface area (Å²) < 4.78 is 83.3. The fraction of sp³-hybridized carbons (Fsp3) is 0.375. The number of hydrogen-bond acceptors (Lipinski definition) is 4. The summed E-state index contributed by atoms with van der Waals surface area (Å²) >= 11 is 0. The first-order chi connectivity index (χ1) is 16.4. The van der Waals surface area contributed by atoms with Gasteiger partial charge in [-0.15, -0.1) is 0 Å². The Labute approximate surface area is 198 Å². The van der Waals surface area contributed by atoms with Gasteiger partial charge >= 0.3 is 18.4 Å². The summed E-state index contributed by atoms with van der Waals surface area (Å²) in [7, 11) is 0. The van der Waals surface area contributed by atoms with Gasteiger partial charge in [-0.05, 0) is 16.7 Å². The zero-order valence-corrected chi connectivity index (χ0v) is 18.6. The lowest BCUT2D eigenvalue weighted by atomic mass is 9.90. The predicted molar refractivity (Wildman–Crippen MR) is 116 cm³/mol. The molecule has 0 saturated carbocycles. The van der Waals surface area contributed by atoms with E-state index in [2.05, 4.69) is 11.5 Å². The van der Waals surface area contributed by atoms with Crippen LogP contribution in [0.25, 0.3) is 11.1 Å². The van der Waals surface area contributed by atoms with Crippen LogP contribution in [0.2, 0.25) is 0 Å². The lowest BCUT2D eigenvalue weighted by molar-refractivity contribution is -0.376. The number of rotatable bonds is 6. The number of hydrogen-bond donors (Lipinski definition) is 1. The van der Waals surface area contributed by atoms with Crippen molar-refractivity contribution in [1.82, 2.24) is 9.80 Å². The molecule has 35 heavy (non-hydrogen) atoms. The van der Waals surface area contributed by atoms with Crippen molar-refractivity contribution < 1.29 is 41.0 Å². The SMILES string of the molecule is C=CCOC(=O)N1CCN(Cc2ccc(-c3ccc(C(O)(C(F)(F)F)C(F)(F)F)cc3)cc2)CC1. The smallest absolute Gasteiger partial charge is 0.430 e. The quantitative estimate of drug-likeness (QED) is 0.441. The number of nitrogens with zero attached hydrogens (tertiary/aromatic N) is 2. The fourth-order valence-corrected chi connectivity index (χ4v) is 3.76. The minimum Gasteiger partial charge on any atom is -0.445 e. The molecule has 0 atom stereocenters. The van der Waals surface area contributed by atoms with Gasteiger partial charge in [-0.3, -0.25) is 4.90 Å². The molecule has 1 fully saturated rings. The molecule has 11 heteroatoms. The summed E-state index contributed by atoms with van der Waals surface area (Å²) in [6.45, 7) is 6.59. The number of carbonyl (C=O) groups excluding carboxylic acids is 1. The molecule has 0 unspecified atom stereocenters. The molecule has 1 amide bonds. The van der Waals surface area contributed by atoms with Gasteiger partial charge in [0.25, 0.3) is 5.60 Å². The molecule has 0 radical (unpaired) electrons. The third kappa shape index (κ3) is 5.79. The third-order valence-corrected chi connectivity index (χ3v) is 5.77. The zero-order chi connectivity index (χ0) is 25.9. The lowest BCUT2D eigenvalue weighted by Gasteiger charge is -2.34. The van der Waals surface area contributed by atoms with Crippen LogP contribution in [0.1, 0.15) is 11.1 Å². The van der Waals surface area contributed by atoms with E-state index in [0.29, 0.717) is 56.0 Å². The molecule has 0 bridgehead atoms. The second-order valence-electron chi connectivity index (χ2n) is 8.11. The van der Waals surface area contributed by atoms with Crippen molar-refractivity contribution >= 4 is 6.09 Å². The van der Waals surface area contributed by atoms with Crippen molar-refractivity contribution in [3.63, 3.8) is 0 Å². The van der Waals surface area contributed by atoms with Crippen molar-refractivity contribution in [2.75, 3.05) is 32.8 Å². The van der Waals surface area contributed by atoms with Crippen molar-refractivity contribution in [3.8, 4) is 11.1 Å². The molecule has 2 aromatic carbocycles. The van der Waals surface area contributed by atoms with E-state index in [4.69, 9.17) is 4.74 Å². The minimum atomic E-state index is -5.92. The highest BCUT2D eigenvalue weighted by atomic mass is 19.4. The highest BCUT2D eigenvalue weighted by Crippen LogP contribution is 2.50. The van der Waals surface area contributed by atoms with Crippen LogP contribution in [0.4, 0.5) is 31.1 Å². The van der Waals surface area contributed by atoms with Gasteiger partial charge in [-0.25, -0.2) is 4.79 Å². The van der Waals surface area contributed by atoms with Gasteiger partial charge in [0, 0.05) is 38.3 Å². The highest BCUT2D eigenvalue weighted by Gasteiger charge is 2.71. The molecule has 1 saturated heterocycles. The van der Waals surface area contributed by atoms with Crippen LogP contribution in [-0.4, -0.2) is 66.1 Å². The molecule has 3 rings (SSSR count). The Morgan fingerprint density at radius 3 is 1.83 bits per heavy atom. The van der Waals surface area contributed by atoms with Crippen molar-refractivity contribution in [3.05, 3.63) is 72.3 Å². The Balaban J connectivity index is 1.64. The van der Waals surface area contributed by atoms with E-state index < -0.39 is 23.5 Å². The van der Waals surface area contributed by atoms with Gasteiger partial charge in [-0.2, -0.15) is 26.3 Å². The fourth-order valence-electron chi connectivity index (χ4n) is 3.76.